The van der Waals surface area contributed by atoms with E-state index in [1.54, 1.807) is 6.33 Å². The van der Waals surface area contributed by atoms with E-state index in [-0.39, 0.29) is 0 Å². The molecule has 0 saturated carbocycles. The Morgan fingerprint density at radius 2 is 1.26 bits per heavy atom. The molecule has 0 aliphatic rings. The fourth-order valence-electron chi connectivity index (χ4n) is 2.24. The highest BCUT2D eigenvalue weighted by Crippen LogP contribution is 2.31. The van der Waals surface area contributed by atoms with E-state index in [0.717, 1.165) is 28.1 Å². The summed E-state index contributed by atoms with van der Waals surface area (Å²) >= 11 is 0. The van der Waals surface area contributed by atoms with Gasteiger partial charge in [0, 0.05) is 16.8 Å². The van der Waals surface area contributed by atoms with Gasteiger partial charge in [0.1, 0.15) is 6.33 Å². The smallest absolute Gasteiger partial charge is 0.116 e. The monoisotopic (exact) mass is 246 g/mol. The molecule has 0 spiro atoms. The molecule has 0 atom stereocenters. The van der Waals surface area contributed by atoms with Crippen molar-refractivity contribution in [1.82, 2.24) is 9.97 Å². The number of aryl methyl sites for hydroxylation is 1. The minimum absolute atomic E-state index is 0.985. The number of hydrogen-bond donors (Lipinski definition) is 0. The molecule has 0 saturated heterocycles. The number of rotatable bonds is 2. The third-order valence-electron chi connectivity index (χ3n) is 3.15. The maximum atomic E-state index is 4.48. The van der Waals surface area contributed by atoms with Crippen molar-refractivity contribution >= 4 is 0 Å². The zero-order chi connectivity index (χ0) is 13.1. The minimum Gasteiger partial charge on any atom is -0.241 e. The van der Waals surface area contributed by atoms with Crippen LogP contribution < -0.4 is 0 Å². The second-order valence-electron chi connectivity index (χ2n) is 4.41. The van der Waals surface area contributed by atoms with Crippen molar-refractivity contribution in [3.05, 3.63) is 72.7 Å². The Labute approximate surface area is 112 Å². The Balaban J connectivity index is 2.25. The summed E-state index contributed by atoms with van der Waals surface area (Å²) in [6.45, 7) is 2.02. The lowest BCUT2D eigenvalue weighted by Crippen LogP contribution is -1.95. The third-order valence-corrected chi connectivity index (χ3v) is 3.15. The van der Waals surface area contributed by atoms with Crippen molar-refractivity contribution in [3.63, 3.8) is 0 Å². The fraction of sp³-hybridized carbons (Fsp3) is 0.0588. The topological polar surface area (TPSA) is 25.8 Å². The van der Waals surface area contributed by atoms with Crippen LogP contribution >= 0.6 is 0 Å². The maximum Gasteiger partial charge on any atom is 0.116 e. The van der Waals surface area contributed by atoms with Crippen molar-refractivity contribution in [2.75, 3.05) is 0 Å². The normalized spacial score (nSPS) is 10.4. The molecule has 1 heterocycles. The lowest BCUT2D eigenvalue weighted by atomic mass is 9.98. The molecule has 3 rings (SSSR count). The van der Waals surface area contributed by atoms with Gasteiger partial charge in [0.25, 0.3) is 0 Å². The Bertz CT molecular complexity index is 676. The molecule has 0 aliphatic heterocycles. The van der Waals surface area contributed by atoms with Gasteiger partial charge in [-0.15, -0.1) is 0 Å². The molecule has 19 heavy (non-hydrogen) atoms. The van der Waals surface area contributed by atoms with Gasteiger partial charge < -0.3 is 0 Å². The molecular weight excluding hydrogens is 232 g/mol. The van der Waals surface area contributed by atoms with Crippen LogP contribution in [-0.2, 0) is 0 Å². The van der Waals surface area contributed by atoms with E-state index in [2.05, 4.69) is 34.2 Å². The van der Waals surface area contributed by atoms with Crippen LogP contribution in [0.25, 0.3) is 22.4 Å². The lowest BCUT2D eigenvalue weighted by molar-refractivity contribution is 1.11. The van der Waals surface area contributed by atoms with E-state index in [1.807, 2.05) is 43.3 Å². The maximum absolute atomic E-state index is 4.48. The van der Waals surface area contributed by atoms with Gasteiger partial charge in [-0.3, -0.25) is 0 Å². The average Bonchev–Trinajstić information content (AvgIpc) is 2.49. The van der Waals surface area contributed by atoms with E-state index in [0.29, 0.717) is 0 Å². The molecular formula is C17H14N2. The predicted molar refractivity (Wildman–Crippen MR) is 77.6 cm³/mol. The van der Waals surface area contributed by atoms with Crippen molar-refractivity contribution in [2.24, 2.45) is 0 Å². The largest absolute Gasteiger partial charge is 0.241 e. The van der Waals surface area contributed by atoms with Crippen molar-refractivity contribution in [2.45, 2.75) is 6.92 Å². The SMILES string of the molecule is Cc1ncnc(-c2ccccc2)c1-c1ccccc1. The molecule has 0 bridgehead atoms. The van der Waals surface area contributed by atoms with Gasteiger partial charge in [0.05, 0.1) is 5.69 Å². The Morgan fingerprint density at radius 3 is 1.89 bits per heavy atom. The highest BCUT2D eigenvalue weighted by molar-refractivity contribution is 5.81. The molecule has 0 aliphatic carbocycles. The summed E-state index contributed by atoms with van der Waals surface area (Å²) in [5, 5.41) is 0. The molecule has 2 heteroatoms. The second kappa shape index (κ2) is 5.02. The molecule has 92 valence electrons. The molecule has 1 aromatic heterocycles. The van der Waals surface area contributed by atoms with Crippen LogP contribution in [0.3, 0.4) is 0 Å². The van der Waals surface area contributed by atoms with Gasteiger partial charge in [-0.05, 0) is 12.5 Å². The zero-order valence-electron chi connectivity index (χ0n) is 10.7. The Morgan fingerprint density at radius 1 is 0.684 bits per heavy atom. The third kappa shape index (κ3) is 2.25. The first kappa shape index (κ1) is 11.6. The van der Waals surface area contributed by atoms with E-state index < -0.39 is 0 Å². The number of hydrogen-bond acceptors (Lipinski definition) is 2. The molecule has 0 unspecified atom stereocenters. The molecule has 0 N–H and O–H groups in total. The summed E-state index contributed by atoms with van der Waals surface area (Å²) in [6, 6.07) is 20.5. The standard InChI is InChI=1S/C17H14N2/c1-13-16(14-8-4-2-5-9-14)17(19-12-18-13)15-10-6-3-7-11-15/h2-12H,1H3. The first-order chi connectivity index (χ1) is 9.36. The predicted octanol–water partition coefficient (Wildman–Crippen LogP) is 4.12. The van der Waals surface area contributed by atoms with Crippen molar-refractivity contribution in [1.29, 1.82) is 0 Å². The summed E-state index contributed by atoms with van der Waals surface area (Å²) < 4.78 is 0. The molecule has 0 amide bonds. The highest BCUT2D eigenvalue weighted by atomic mass is 14.8. The van der Waals surface area contributed by atoms with Crippen molar-refractivity contribution in [3.8, 4) is 22.4 Å². The van der Waals surface area contributed by atoms with E-state index in [1.165, 1.54) is 0 Å². The van der Waals surface area contributed by atoms with E-state index >= 15 is 0 Å². The average molecular weight is 246 g/mol. The Hall–Kier alpha value is -2.48. The van der Waals surface area contributed by atoms with Crippen LogP contribution in [0.5, 0.6) is 0 Å². The second-order valence-corrected chi connectivity index (χ2v) is 4.41. The van der Waals surface area contributed by atoms with Gasteiger partial charge in [0.2, 0.25) is 0 Å². The molecule has 0 fully saturated rings. The van der Waals surface area contributed by atoms with E-state index in [9.17, 15) is 0 Å². The van der Waals surface area contributed by atoms with Crippen LogP contribution in [0.2, 0.25) is 0 Å². The fourth-order valence-corrected chi connectivity index (χ4v) is 2.24. The molecule has 0 radical (unpaired) electrons. The van der Waals surface area contributed by atoms with E-state index in [4.69, 9.17) is 0 Å². The summed E-state index contributed by atoms with van der Waals surface area (Å²) in [5.74, 6) is 0. The van der Waals surface area contributed by atoms with Gasteiger partial charge in [0.15, 0.2) is 0 Å². The van der Waals surface area contributed by atoms with Crippen LogP contribution in [0.15, 0.2) is 67.0 Å². The molecule has 3 aromatic rings. The number of aromatic nitrogens is 2. The van der Waals surface area contributed by atoms with Gasteiger partial charge >= 0.3 is 0 Å². The van der Waals surface area contributed by atoms with Crippen LogP contribution in [0.1, 0.15) is 5.69 Å². The summed E-state index contributed by atoms with van der Waals surface area (Å²) in [5.41, 5.74) is 5.36. The van der Waals surface area contributed by atoms with Gasteiger partial charge in [-0.2, -0.15) is 0 Å². The molecule has 2 aromatic carbocycles. The zero-order valence-corrected chi connectivity index (χ0v) is 10.7. The van der Waals surface area contributed by atoms with Gasteiger partial charge in [-0.25, -0.2) is 9.97 Å². The van der Waals surface area contributed by atoms with Crippen molar-refractivity contribution < 1.29 is 0 Å². The lowest BCUT2D eigenvalue weighted by Gasteiger charge is -2.11. The summed E-state index contributed by atoms with van der Waals surface area (Å²) in [4.78, 5) is 8.81. The minimum atomic E-state index is 0.985. The number of benzene rings is 2. The first-order valence-corrected chi connectivity index (χ1v) is 6.28. The molecule has 2 nitrogen and oxygen atoms in total. The Kier molecular flexibility index (Phi) is 3.07. The van der Waals surface area contributed by atoms with Crippen LogP contribution in [-0.4, -0.2) is 9.97 Å². The highest BCUT2D eigenvalue weighted by Gasteiger charge is 2.11. The van der Waals surface area contributed by atoms with Gasteiger partial charge in [-0.1, -0.05) is 60.7 Å². The van der Waals surface area contributed by atoms with Crippen LogP contribution in [0, 0.1) is 6.92 Å². The number of nitrogens with zero attached hydrogens (tertiary/aromatic N) is 2. The summed E-state index contributed by atoms with van der Waals surface area (Å²) in [6.07, 6.45) is 1.63. The first-order valence-electron chi connectivity index (χ1n) is 6.28. The van der Waals surface area contributed by atoms with Crippen LogP contribution in [0.4, 0.5) is 0 Å². The quantitative estimate of drug-likeness (QED) is 0.679. The summed E-state index contributed by atoms with van der Waals surface area (Å²) in [7, 11) is 0.